The second kappa shape index (κ2) is 7.21. The quantitative estimate of drug-likeness (QED) is 0.263. The Kier molecular flexibility index (Phi) is 4.74. The van der Waals surface area contributed by atoms with Crippen LogP contribution < -0.4 is 4.90 Å². The van der Waals surface area contributed by atoms with Gasteiger partial charge < -0.3 is 4.57 Å². The van der Waals surface area contributed by atoms with E-state index in [9.17, 15) is 14.9 Å². The number of carbonyl (C=O) groups is 1. The zero-order chi connectivity index (χ0) is 19.8. The molecule has 0 saturated carbocycles. The molecule has 1 fully saturated rings. The number of hydrogen-bond donors (Lipinski definition) is 0. The number of para-hydroxylation sites is 1. The van der Waals surface area contributed by atoms with E-state index in [-0.39, 0.29) is 11.6 Å². The number of rotatable bonds is 4. The lowest BCUT2D eigenvalue weighted by Crippen LogP contribution is -2.27. The van der Waals surface area contributed by atoms with Crippen LogP contribution in [0.2, 0.25) is 0 Å². The molecular weight excluding hydrogens is 394 g/mol. The summed E-state index contributed by atoms with van der Waals surface area (Å²) in [5, 5.41) is 11.9. The first kappa shape index (κ1) is 18.4. The van der Waals surface area contributed by atoms with Gasteiger partial charge >= 0.3 is 0 Å². The summed E-state index contributed by atoms with van der Waals surface area (Å²) in [6.45, 7) is 2.91. The Labute approximate surface area is 170 Å². The van der Waals surface area contributed by atoms with Crippen LogP contribution in [-0.2, 0) is 11.3 Å². The molecule has 1 aliphatic heterocycles. The van der Waals surface area contributed by atoms with Crippen molar-refractivity contribution in [3.05, 3.63) is 75.3 Å². The summed E-state index contributed by atoms with van der Waals surface area (Å²) >= 11 is 6.62. The zero-order valence-corrected chi connectivity index (χ0v) is 16.5. The molecule has 0 aliphatic carbocycles. The third-order valence-corrected chi connectivity index (χ3v) is 5.86. The van der Waals surface area contributed by atoms with Crippen LogP contribution in [0.5, 0.6) is 0 Å². The van der Waals surface area contributed by atoms with Crippen LogP contribution in [0.1, 0.15) is 12.5 Å². The number of anilines is 1. The Morgan fingerprint density at radius 3 is 2.57 bits per heavy atom. The van der Waals surface area contributed by atoms with E-state index in [2.05, 4.69) is 17.6 Å². The predicted octanol–water partition coefficient (Wildman–Crippen LogP) is 4.98. The second-order valence-electron chi connectivity index (χ2n) is 6.18. The minimum absolute atomic E-state index is 0.0305. The lowest BCUT2D eigenvalue weighted by atomic mass is 10.1. The Bertz CT molecular complexity index is 1150. The van der Waals surface area contributed by atoms with E-state index >= 15 is 0 Å². The summed E-state index contributed by atoms with van der Waals surface area (Å²) in [7, 11) is 0. The molecule has 2 heterocycles. The molecule has 3 aromatic rings. The SMILES string of the molecule is CCn1cc(/C=C2/SC(=S)N(c3ccc([N+](=O)[O-])cc3)C2=O)c2ccccc21. The number of nitro benzene ring substituents is 1. The number of hydrogen-bond acceptors (Lipinski definition) is 5. The molecule has 6 nitrogen and oxygen atoms in total. The van der Waals surface area contributed by atoms with Gasteiger partial charge in [0.1, 0.15) is 0 Å². The van der Waals surface area contributed by atoms with E-state index in [0.717, 1.165) is 23.0 Å². The molecule has 1 saturated heterocycles. The fourth-order valence-corrected chi connectivity index (χ4v) is 4.50. The topological polar surface area (TPSA) is 68.4 Å². The van der Waals surface area contributed by atoms with E-state index < -0.39 is 4.92 Å². The maximum atomic E-state index is 13.0. The Morgan fingerprint density at radius 1 is 1.18 bits per heavy atom. The number of fused-ring (bicyclic) bond motifs is 1. The molecule has 1 amide bonds. The van der Waals surface area contributed by atoms with Crippen LogP contribution in [0, 0.1) is 10.1 Å². The van der Waals surface area contributed by atoms with Gasteiger partial charge in [0.2, 0.25) is 0 Å². The van der Waals surface area contributed by atoms with Gasteiger partial charge in [-0.15, -0.1) is 0 Å². The highest BCUT2D eigenvalue weighted by atomic mass is 32.2. The fourth-order valence-electron chi connectivity index (χ4n) is 3.21. The van der Waals surface area contributed by atoms with Crippen LogP contribution in [0.15, 0.2) is 59.6 Å². The third kappa shape index (κ3) is 3.10. The van der Waals surface area contributed by atoms with Crippen molar-refractivity contribution in [2.45, 2.75) is 13.5 Å². The monoisotopic (exact) mass is 409 g/mol. The molecule has 0 radical (unpaired) electrons. The molecule has 1 aromatic heterocycles. The molecule has 140 valence electrons. The zero-order valence-electron chi connectivity index (χ0n) is 14.9. The molecule has 0 N–H and O–H groups in total. The average molecular weight is 409 g/mol. The Morgan fingerprint density at radius 2 is 1.89 bits per heavy atom. The van der Waals surface area contributed by atoms with Crippen molar-refractivity contribution >= 4 is 62.6 Å². The second-order valence-corrected chi connectivity index (χ2v) is 7.85. The molecule has 4 rings (SSSR count). The van der Waals surface area contributed by atoms with Crippen molar-refractivity contribution in [1.82, 2.24) is 4.57 Å². The third-order valence-electron chi connectivity index (χ3n) is 4.56. The van der Waals surface area contributed by atoms with Crippen molar-refractivity contribution in [3.8, 4) is 0 Å². The number of nitro groups is 1. The fraction of sp³-hybridized carbons (Fsp3) is 0.100. The number of thioether (sulfide) groups is 1. The van der Waals surface area contributed by atoms with Crippen LogP contribution >= 0.6 is 24.0 Å². The maximum absolute atomic E-state index is 13.0. The minimum atomic E-state index is -0.475. The first-order chi connectivity index (χ1) is 13.5. The van der Waals surface area contributed by atoms with Crippen molar-refractivity contribution in [1.29, 1.82) is 0 Å². The van der Waals surface area contributed by atoms with E-state index in [4.69, 9.17) is 12.2 Å². The summed E-state index contributed by atoms with van der Waals surface area (Å²) in [4.78, 5) is 25.3. The normalized spacial score (nSPS) is 15.8. The molecule has 0 bridgehead atoms. The standard InChI is InChI=1S/C20H15N3O3S2/c1-2-21-12-13(16-5-3-4-6-17(16)21)11-18-19(24)22(20(27)28-18)14-7-9-15(10-8-14)23(25)26/h3-12H,2H2,1H3/b18-11+. The van der Waals surface area contributed by atoms with Gasteiger partial charge in [-0.05, 0) is 31.2 Å². The van der Waals surface area contributed by atoms with Gasteiger partial charge in [-0.3, -0.25) is 19.8 Å². The van der Waals surface area contributed by atoms with Gasteiger partial charge in [-0.2, -0.15) is 0 Å². The van der Waals surface area contributed by atoms with E-state index in [1.54, 1.807) is 0 Å². The molecule has 2 aromatic carbocycles. The van der Waals surface area contributed by atoms with Gasteiger partial charge in [0.25, 0.3) is 11.6 Å². The van der Waals surface area contributed by atoms with Crippen LogP contribution in [-0.4, -0.2) is 19.7 Å². The van der Waals surface area contributed by atoms with Gasteiger partial charge in [0, 0.05) is 41.3 Å². The number of aryl methyl sites for hydroxylation is 1. The Balaban J connectivity index is 1.70. The largest absolute Gasteiger partial charge is 0.347 e. The van der Waals surface area contributed by atoms with Gasteiger partial charge in [-0.25, -0.2) is 0 Å². The summed E-state index contributed by atoms with van der Waals surface area (Å²) in [6, 6.07) is 13.9. The maximum Gasteiger partial charge on any atom is 0.270 e. The summed E-state index contributed by atoms with van der Waals surface area (Å²) in [5.41, 5.74) is 2.56. The van der Waals surface area contributed by atoms with Crippen LogP contribution in [0.3, 0.4) is 0 Å². The number of non-ortho nitro benzene ring substituents is 1. The predicted molar refractivity (Wildman–Crippen MR) is 116 cm³/mol. The number of amides is 1. The van der Waals surface area contributed by atoms with Crippen molar-refractivity contribution in [2.24, 2.45) is 0 Å². The molecule has 1 aliphatic rings. The van der Waals surface area contributed by atoms with Crippen LogP contribution in [0.4, 0.5) is 11.4 Å². The van der Waals surface area contributed by atoms with Crippen molar-refractivity contribution in [2.75, 3.05) is 4.90 Å². The van der Waals surface area contributed by atoms with Gasteiger partial charge in [0.15, 0.2) is 4.32 Å². The number of benzene rings is 2. The highest BCUT2D eigenvalue weighted by Gasteiger charge is 2.33. The first-order valence-electron chi connectivity index (χ1n) is 8.60. The van der Waals surface area contributed by atoms with Crippen molar-refractivity contribution < 1.29 is 9.72 Å². The highest BCUT2D eigenvalue weighted by molar-refractivity contribution is 8.27. The number of nitrogens with zero attached hydrogens (tertiary/aromatic N) is 3. The summed E-state index contributed by atoms with van der Waals surface area (Å²) in [6.07, 6.45) is 3.89. The number of carbonyl (C=O) groups excluding carboxylic acids is 1. The Hall–Kier alpha value is -2.97. The van der Waals surface area contributed by atoms with Crippen molar-refractivity contribution in [3.63, 3.8) is 0 Å². The van der Waals surface area contributed by atoms with E-state index in [1.165, 1.54) is 40.9 Å². The summed E-state index contributed by atoms with van der Waals surface area (Å²) in [5.74, 6) is -0.225. The van der Waals surface area contributed by atoms with E-state index in [0.29, 0.717) is 14.9 Å². The number of aromatic nitrogens is 1. The molecule has 28 heavy (non-hydrogen) atoms. The lowest BCUT2D eigenvalue weighted by Gasteiger charge is -2.13. The smallest absolute Gasteiger partial charge is 0.270 e. The number of thiocarbonyl (C=S) groups is 1. The highest BCUT2D eigenvalue weighted by Crippen LogP contribution is 2.37. The van der Waals surface area contributed by atoms with E-state index in [1.807, 2.05) is 30.5 Å². The molecule has 0 spiro atoms. The van der Waals surface area contributed by atoms with Gasteiger partial charge in [-0.1, -0.05) is 42.2 Å². The van der Waals surface area contributed by atoms with Gasteiger partial charge in [0.05, 0.1) is 15.5 Å². The molecule has 8 heteroatoms. The summed E-state index contributed by atoms with van der Waals surface area (Å²) < 4.78 is 2.54. The molecule has 0 unspecified atom stereocenters. The first-order valence-corrected chi connectivity index (χ1v) is 9.82. The minimum Gasteiger partial charge on any atom is -0.347 e. The molecular formula is C20H15N3O3S2. The average Bonchev–Trinajstić information content (AvgIpc) is 3.19. The van der Waals surface area contributed by atoms with Crippen LogP contribution in [0.25, 0.3) is 17.0 Å². The lowest BCUT2D eigenvalue weighted by molar-refractivity contribution is -0.384. The molecule has 0 atom stereocenters.